The van der Waals surface area contributed by atoms with E-state index in [2.05, 4.69) is 5.32 Å². The van der Waals surface area contributed by atoms with E-state index in [0.717, 1.165) is 0 Å². The van der Waals surface area contributed by atoms with Gasteiger partial charge in [0.25, 0.3) is 5.91 Å². The molecule has 0 saturated heterocycles. The summed E-state index contributed by atoms with van der Waals surface area (Å²) >= 11 is 0. The number of nitrogens with one attached hydrogen (secondary N) is 1. The van der Waals surface area contributed by atoms with Gasteiger partial charge < -0.3 is 15.3 Å². The molecule has 1 unspecified atom stereocenters. The Kier molecular flexibility index (Phi) is 4.09. The summed E-state index contributed by atoms with van der Waals surface area (Å²) in [5.74, 6) is -1.05. The lowest BCUT2D eigenvalue weighted by Crippen LogP contribution is -2.26. The van der Waals surface area contributed by atoms with E-state index in [0.29, 0.717) is 11.3 Å². The third-order valence-corrected chi connectivity index (χ3v) is 2.27. The molecule has 1 atom stereocenters. The van der Waals surface area contributed by atoms with Crippen molar-refractivity contribution < 1.29 is 14.7 Å². The molecule has 0 aliphatic heterocycles. The number of carboxylic acid groups (broad SMARTS) is 1. The minimum Gasteiger partial charge on any atom is -0.480 e. The number of carbonyl (C=O) groups excluding carboxylic acids is 1. The van der Waals surface area contributed by atoms with Crippen molar-refractivity contribution in [2.24, 2.45) is 0 Å². The van der Waals surface area contributed by atoms with E-state index in [1.54, 1.807) is 45.3 Å². The lowest BCUT2D eigenvalue weighted by atomic mass is 10.1. The summed E-state index contributed by atoms with van der Waals surface area (Å²) in [4.78, 5) is 23.9. The molecule has 0 heterocycles. The monoisotopic (exact) mass is 236 g/mol. The Labute approximate surface area is 100 Å². The quantitative estimate of drug-likeness (QED) is 0.826. The van der Waals surface area contributed by atoms with Gasteiger partial charge in [-0.2, -0.15) is 0 Å². The molecule has 1 aromatic carbocycles. The van der Waals surface area contributed by atoms with Gasteiger partial charge in [-0.05, 0) is 25.1 Å². The van der Waals surface area contributed by atoms with Gasteiger partial charge in [0, 0.05) is 25.3 Å². The molecule has 17 heavy (non-hydrogen) atoms. The number of hydrogen-bond acceptors (Lipinski definition) is 3. The molecule has 1 aromatic rings. The van der Waals surface area contributed by atoms with Crippen molar-refractivity contribution in [1.82, 2.24) is 4.90 Å². The van der Waals surface area contributed by atoms with Crippen LogP contribution in [0, 0.1) is 0 Å². The second kappa shape index (κ2) is 5.34. The molecule has 0 aliphatic rings. The summed E-state index contributed by atoms with van der Waals surface area (Å²) in [6.07, 6.45) is 0. The SMILES string of the molecule is CC(Nc1cccc(C(=O)N(C)C)c1)C(=O)O. The van der Waals surface area contributed by atoms with E-state index in [-0.39, 0.29) is 5.91 Å². The predicted octanol–water partition coefficient (Wildman–Crippen LogP) is 1.27. The van der Waals surface area contributed by atoms with E-state index in [4.69, 9.17) is 5.11 Å². The normalized spacial score (nSPS) is 11.7. The van der Waals surface area contributed by atoms with Gasteiger partial charge in [-0.3, -0.25) is 9.59 Å². The minimum atomic E-state index is -0.936. The molecule has 0 aliphatic carbocycles. The highest BCUT2D eigenvalue weighted by Gasteiger charge is 2.12. The standard InChI is InChI=1S/C12H16N2O3/c1-8(12(16)17)13-10-6-4-5-9(7-10)11(15)14(2)3/h4-8,13H,1-3H3,(H,16,17). The van der Waals surface area contributed by atoms with Crippen LogP contribution < -0.4 is 5.32 Å². The zero-order valence-electron chi connectivity index (χ0n) is 10.1. The molecule has 5 nitrogen and oxygen atoms in total. The van der Waals surface area contributed by atoms with Crippen LogP contribution in [0.5, 0.6) is 0 Å². The molecule has 1 rings (SSSR count). The molecule has 2 N–H and O–H groups in total. The van der Waals surface area contributed by atoms with Crippen molar-refractivity contribution >= 4 is 17.6 Å². The highest BCUT2D eigenvalue weighted by molar-refractivity contribution is 5.94. The van der Waals surface area contributed by atoms with Gasteiger partial charge in [-0.1, -0.05) is 6.07 Å². The van der Waals surface area contributed by atoms with Crippen molar-refractivity contribution in [3.63, 3.8) is 0 Å². The number of nitrogens with zero attached hydrogens (tertiary/aromatic N) is 1. The first-order valence-corrected chi connectivity index (χ1v) is 5.23. The Morgan fingerprint density at radius 1 is 1.35 bits per heavy atom. The largest absolute Gasteiger partial charge is 0.480 e. The van der Waals surface area contributed by atoms with Crippen LogP contribution in [-0.2, 0) is 4.79 Å². The summed E-state index contributed by atoms with van der Waals surface area (Å²) < 4.78 is 0. The van der Waals surface area contributed by atoms with Gasteiger partial charge in [0.05, 0.1) is 0 Å². The lowest BCUT2D eigenvalue weighted by Gasteiger charge is -2.13. The number of aliphatic carboxylic acids is 1. The Hall–Kier alpha value is -2.04. The Morgan fingerprint density at radius 3 is 2.53 bits per heavy atom. The van der Waals surface area contributed by atoms with Crippen LogP contribution in [-0.4, -0.2) is 42.0 Å². The van der Waals surface area contributed by atoms with Crippen LogP contribution in [0.15, 0.2) is 24.3 Å². The zero-order valence-corrected chi connectivity index (χ0v) is 10.1. The van der Waals surface area contributed by atoms with Crippen molar-refractivity contribution in [2.45, 2.75) is 13.0 Å². The highest BCUT2D eigenvalue weighted by Crippen LogP contribution is 2.13. The second-order valence-corrected chi connectivity index (χ2v) is 3.98. The molecule has 1 amide bonds. The number of rotatable bonds is 4. The maximum Gasteiger partial charge on any atom is 0.325 e. The van der Waals surface area contributed by atoms with Crippen LogP contribution in [0.3, 0.4) is 0 Å². The fraction of sp³-hybridized carbons (Fsp3) is 0.333. The smallest absolute Gasteiger partial charge is 0.325 e. The highest BCUT2D eigenvalue weighted by atomic mass is 16.4. The summed E-state index contributed by atoms with van der Waals surface area (Å²) in [6.45, 7) is 1.54. The first-order chi connectivity index (χ1) is 7.91. The number of carbonyl (C=O) groups is 2. The molecule has 0 spiro atoms. The maximum atomic E-state index is 11.7. The average Bonchev–Trinajstić information content (AvgIpc) is 2.28. The zero-order chi connectivity index (χ0) is 13.0. The number of hydrogen-bond donors (Lipinski definition) is 2. The van der Waals surface area contributed by atoms with Crippen molar-refractivity contribution in [3.05, 3.63) is 29.8 Å². The topological polar surface area (TPSA) is 69.6 Å². The van der Waals surface area contributed by atoms with Crippen LogP contribution in [0.2, 0.25) is 0 Å². The maximum absolute atomic E-state index is 11.7. The van der Waals surface area contributed by atoms with E-state index in [1.807, 2.05) is 0 Å². The lowest BCUT2D eigenvalue weighted by molar-refractivity contribution is -0.137. The average molecular weight is 236 g/mol. The number of benzene rings is 1. The Morgan fingerprint density at radius 2 is 2.00 bits per heavy atom. The molecule has 92 valence electrons. The molecular formula is C12H16N2O3. The minimum absolute atomic E-state index is 0.114. The fourth-order valence-corrected chi connectivity index (χ4v) is 1.31. The molecule has 0 fully saturated rings. The fourth-order valence-electron chi connectivity index (χ4n) is 1.31. The molecule has 0 radical (unpaired) electrons. The van der Waals surface area contributed by atoms with E-state index < -0.39 is 12.0 Å². The van der Waals surface area contributed by atoms with Crippen LogP contribution in [0.25, 0.3) is 0 Å². The predicted molar refractivity (Wildman–Crippen MR) is 65.2 cm³/mol. The molecular weight excluding hydrogens is 220 g/mol. The van der Waals surface area contributed by atoms with Gasteiger partial charge in [0.1, 0.15) is 6.04 Å². The molecule has 5 heteroatoms. The van der Waals surface area contributed by atoms with Gasteiger partial charge >= 0.3 is 5.97 Å². The van der Waals surface area contributed by atoms with E-state index in [9.17, 15) is 9.59 Å². The third kappa shape index (κ3) is 3.48. The first kappa shape index (κ1) is 13.0. The number of anilines is 1. The summed E-state index contributed by atoms with van der Waals surface area (Å²) in [5, 5.41) is 11.6. The van der Waals surface area contributed by atoms with Crippen molar-refractivity contribution in [3.8, 4) is 0 Å². The summed E-state index contributed by atoms with van der Waals surface area (Å²) in [7, 11) is 3.34. The van der Waals surface area contributed by atoms with Crippen molar-refractivity contribution in [2.75, 3.05) is 19.4 Å². The third-order valence-electron chi connectivity index (χ3n) is 2.27. The first-order valence-electron chi connectivity index (χ1n) is 5.23. The molecule has 0 saturated carbocycles. The second-order valence-electron chi connectivity index (χ2n) is 3.98. The number of amides is 1. The van der Waals surface area contributed by atoms with E-state index in [1.165, 1.54) is 4.90 Å². The van der Waals surface area contributed by atoms with Crippen LogP contribution in [0.4, 0.5) is 5.69 Å². The van der Waals surface area contributed by atoms with Crippen LogP contribution in [0.1, 0.15) is 17.3 Å². The number of carboxylic acids is 1. The Bertz CT molecular complexity index is 430. The summed E-state index contributed by atoms with van der Waals surface area (Å²) in [5.41, 5.74) is 1.14. The Balaban J connectivity index is 2.86. The van der Waals surface area contributed by atoms with Gasteiger partial charge in [0.15, 0.2) is 0 Å². The van der Waals surface area contributed by atoms with Gasteiger partial charge in [-0.15, -0.1) is 0 Å². The van der Waals surface area contributed by atoms with E-state index >= 15 is 0 Å². The van der Waals surface area contributed by atoms with Gasteiger partial charge in [0.2, 0.25) is 0 Å². The van der Waals surface area contributed by atoms with Crippen molar-refractivity contribution in [1.29, 1.82) is 0 Å². The summed E-state index contributed by atoms with van der Waals surface area (Å²) in [6, 6.07) is 6.08. The molecule has 0 bridgehead atoms. The van der Waals surface area contributed by atoms with Gasteiger partial charge in [-0.25, -0.2) is 0 Å². The van der Waals surface area contributed by atoms with Crippen LogP contribution >= 0.6 is 0 Å². The molecule has 0 aromatic heterocycles.